The van der Waals surface area contributed by atoms with Crippen molar-refractivity contribution in [1.82, 2.24) is 5.32 Å². The molecule has 2 N–H and O–H groups in total. The van der Waals surface area contributed by atoms with Gasteiger partial charge in [-0.3, -0.25) is 0 Å². The Morgan fingerprint density at radius 3 is 2.44 bits per heavy atom. The lowest BCUT2D eigenvalue weighted by Crippen LogP contribution is -2.26. The summed E-state index contributed by atoms with van der Waals surface area (Å²) in [5.41, 5.74) is 0.880. The van der Waals surface area contributed by atoms with Gasteiger partial charge in [0.15, 0.2) is 0 Å². The summed E-state index contributed by atoms with van der Waals surface area (Å²) in [6.07, 6.45) is 0. The highest BCUT2D eigenvalue weighted by molar-refractivity contribution is 5.41. The van der Waals surface area contributed by atoms with Crippen LogP contribution in [0.1, 0.15) is 39.3 Å². The van der Waals surface area contributed by atoms with Crippen LogP contribution in [0.5, 0.6) is 11.5 Å². The molecule has 0 radical (unpaired) electrons. The van der Waals surface area contributed by atoms with Crippen LogP contribution in [0.2, 0.25) is 0 Å². The molecule has 2 unspecified atom stereocenters. The molecule has 0 spiro atoms. The summed E-state index contributed by atoms with van der Waals surface area (Å²) in [6.45, 7) is 9.67. The number of methoxy groups -OCH3 is 1. The van der Waals surface area contributed by atoms with Crippen molar-refractivity contribution in [1.29, 1.82) is 0 Å². The maximum Gasteiger partial charge on any atom is 0.120 e. The maximum absolute atomic E-state index is 9.88. The fourth-order valence-electron chi connectivity index (χ4n) is 1.71. The Morgan fingerprint density at radius 1 is 1.22 bits per heavy atom. The molecule has 0 aliphatic rings. The van der Waals surface area contributed by atoms with E-state index < -0.39 is 0 Å². The molecule has 0 aromatic heterocycles. The number of ether oxygens (including phenoxy) is 1. The third kappa shape index (κ3) is 3.91. The smallest absolute Gasteiger partial charge is 0.120 e. The molecule has 0 fully saturated rings. The third-order valence-electron chi connectivity index (χ3n) is 3.59. The van der Waals surface area contributed by atoms with Crippen molar-refractivity contribution < 1.29 is 9.84 Å². The molecule has 1 rings (SSSR count). The molecule has 2 atom stereocenters. The minimum Gasteiger partial charge on any atom is -0.508 e. The number of hydrogen-bond acceptors (Lipinski definition) is 3. The first-order chi connectivity index (χ1) is 8.45. The molecule has 0 saturated heterocycles. The summed E-state index contributed by atoms with van der Waals surface area (Å²) in [7, 11) is 1.63. The van der Waals surface area contributed by atoms with Crippen molar-refractivity contribution >= 4 is 0 Å². The molecular formula is C15H25NO2. The van der Waals surface area contributed by atoms with Crippen molar-refractivity contribution in [3.05, 3.63) is 23.8 Å². The number of aromatic hydroxyl groups is 1. The van der Waals surface area contributed by atoms with E-state index in [1.165, 1.54) is 0 Å². The standard InChI is InChI=1S/C15H25NO2/c1-10(2)11(3)9-16-12(4)14-8-13(18-5)6-7-15(14)17/h6-8,10-12,16-17H,9H2,1-5H3. The monoisotopic (exact) mass is 251 g/mol. The Labute approximate surface area is 110 Å². The Bertz CT molecular complexity index is 377. The molecule has 0 heterocycles. The van der Waals surface area contributed by atoms with Crippen LogP contribution in [-0.2, 0) is 0 Å². The summed E-state index contributed by atoms with van der Waals surface area (Å²) in [6, 6.07) is 5.44. The van der Waals surface area contributed by atoms with Crippen LogP contribution < -0.4 is 10.1 Å². The minimum absolute atomic E-state index is 0.112. The van der Waals surface area contributed by atoms with Crippen LogP contribution >= 0.6 is 0 Å². The summed E-state index contributed by atoms with van der Waals surface area (Å²) >= 11 is 0. The van der Waals surface area contributed by atoms with Crippen LogP contribution in [-0.4, -0.2) is 18.8 Å². The Kier molecular flexibility index (Phi) is 5.48. The first kappa shape index (κ1) is 14.8. The molecule has 0 amide bonds. The van der Waals surface area contributed by atoms with Crippen LogP contribution in [0.3, 0.4) is 0 Å². The average Bonchev–Trinajstić information content (AvgIpc) is 2.35. The topological polar surface area (TPSA) is 41.5 Å². The lowest BCUT2D eigenvalue weighted by Gasteiger charge is -2.21. The summed E-state index contributed by atoms with van der Waals surface area (Å²) < 4.78 is 5.18. The number of benzene rings is 1. The van der Waals surface area contributed by atoms with Gasteiger partial charge in [0.05, 0.1) is 7.11 Å². The van der Waals surface area contributed by atoms with Gasteiger partial charge >= 0.3 is 0 Å². The Balaban J connectivity index is 2.68. The van der Waals surface area contributed by atoms with E-state index in [1.807, 2.05) is 6.07 Å². The number of phenolic OH excluding ortho intramolecular Hbond substituents is 1. The Morgan fingerprint density at radius 2 is 1.89 bits per heavy atom. The second kappa shape index (κ2) is 6.64. The largest absolute Gasteiger partial charge is 0.508 e. The zero-order valence-corrected chi connectivity index (χ0v) is 12.0. The summed E-state index contributed by atoms with van der Waals surface area (Å²) in [5, 5.41) is 13.3. The van der Waals surface area contributed by atoms with Crippen molar-refractivity contribution in [3.8, 4) is 11.5 Å². The van der Waals surface area contributed by atoms with E-state index in [-0.39, 0.29) is 6.04 Å². The maximum atomic E-state index is 9.88. The van der Waals surface area contributed by atoms with E-state index in [4.69, 9.17) is 4.74 Å². The van der Waals surface area contributed by atoms with E-state index in [9.17, 15) is 5.11 Å². The number of nitrogens with one attached hydrogen (secondary N) is 1. The van der Waals surface area contributed by atoms with Gasteiger partial charge in [0.1, 0.15) is 11.5 Å². The van der Waals surface area contributed by atoms with Gasteiger partial charge in [-0.2, -0.15) is 0 Å². The van der Waals surface area contributed by atoms with Crippen LogP contribution in [0.25, 0.3) is 0 Å². The van der Waals surface area contributed by atoms with E-state index >= 15 is 0 Å². The number of rotatable bonds is 6. The first-order valence-electron chi connectivity index (χ1n) is 6.56. The predicted octanol–water partition coefficient (Wildman–Crippen LogP) is 3.34. The molecule has 0 aliphatic heterocycles. The average molecular weight is 251 g/mol. The molecular weight excluding hydrogens is 226 g/mol. The van der Waals surface area contributed by atoms with Crippen molar-refractivity contribution in [3.63, 3.8) is 0 Å². The normalized spacial score (nSPS) is 14.6. The highest BCUT2D eigenvalue weighted by Gasteiger charge is 2.13. The molecule has 3 nitrogen and oxygen atoms in total. The molecule has 3 heteroatoms. The molecule has 0 bridgehead atoms. The summed E-state index contributed by atoms with van der Waals surface area (Å²) in [4.78, 5) is 0. The fourth-order valence-corrected chi connectivity index (χ4v) is 1.71. The zero-order valence-electron chi connectivity index (χ0n) is 12.0. The van der Waals surface area contributed by atoms with Crippen LogP contribution in [0.15, 0.2) is 18.2 Å². The van der Waals surface area contributed by atoms with Gasteiger partial charge in [0.25, 0.3) is 0 Å². The van der Waals surface area contributed by atoms with Crippen LogP contribution in [0, 0.1) is 11.8 Å². The van der Waals surface area contributed by atoms with Gasteiger partial charge in [-0.15, -0.1) is 0 Å². The van der Waals surface area contributed by atoms with Crippen molar-refractivity contribution in [2.45, 2.75) is 33.7 Å². The van der Waals surface area contributed by atoms with Crippen molar-refractivity contribution in [2.24, 2.45) is 11.8 Å². The molecule has 0 saturated carbocycles. The molecule has 1 aromatic rings. The third-order valence-corrected chi connectivity index (χ3v) is 3.59. The molecule has 18 heavy (non-hydrogen) atoms. The van der Waals surface area contributed by atoms with E-state index in [0.717, 1.165) is 17.9 Å². The predicted molar refractivity (Wildman–Crippen MR) is 75.1 cm³/mol. The lowest BCUT2D eigenvalue weighted by molar-refractivity contribution is 0.369. The van der Waals surface area contributed by atoms with E-state index in [0.29, 0.717) is 17.6 Å². The van der Waals surface area contributed by atoms with Crippen LogP contribution in [0.4, 0.5) is 0 Å². The molecule has 102 valence electrons. The Hall–Kier alpha value is -1.22. The van der Waals surface area contributed by atoms with E-state index in [2.05, 4.69) is 33.0 Å². The fraction of sp³-hybridized carbons (Fsp3) is 0.600. The summed E-state index contributed by atoms with van der Waals surface area (Å²) in [5.74, 6) is 2.35. The van der Waals surface area contributed by atoms with E-state index in [1.54, 1.807) is 19.2 Å². The lowest BCUT2D eigenvalue weighted by atomic mass is 9.97. The second-order valence-electron chi connectivity index (χ2n) is 5.28. The van der Waals surface area contributed by atoms with Gasteiger partial charge in [-0.1, -0.05) is 20.8 Å². The first-order valence-corrected chi connectivity index (χ1v) is 6.56. The SMILES string of the molecule is COc1ccc(O)c(C(C)NCC(C)C(C)C)c1. The van der Waals surface area contributed by atoms with Crippen molar-refractivity contribution in [2.75, 3.05) is 13.7 Å². The van der Waals surface area contributed by atoms with Gasteiger partial charge in [0, 0.05) is 11.6 Å². The number of phenols is 1. The van der Waals surface area contributed by atoms with Gasteiger partial charge < -0.3 is 15.2 Å². The quantitative estimate of drug-likeness (QED) is 0.814. The zero-order chi connectivity index (χ0) is 13.7. The van der Waals surface area contributed by atoms with Gasteiger partial charge in [-0.25, -0.2) is 0 Å². The highest BCUT2D eigenvalue weighted by atomic mass is 16.5. The second-order valence-corrected chi connectivity index (χ2v) is 5.28. The van der Waals surface area contributed by atoms with Gasteiger partial charge in [-0.05, 0) is 43.5 Å². The highest BCUT2D eigenvalue weighted by Crippen LogP contribution is 2.28. The molecule has 0 aliphatic carbocycles. The minimum atomic E-state index is 0.112. The molecule has 1 aromatic carbocycles. The van der Waals surface area contributed by atoms with Gasteiger partial charge in [0.2, 0.25) is 0 Å². The number of hydrogen-bond donors (Lipinski definition) is 2.